The van der Waals surface area contributed by atoms with Crippen molar-refractivity contribution in [1.82, 2.24) is 0 Å². The van der Waals surface area contributed by atoms with Crippen LogP contribution >= 0.6 is 0 Å². The number of rotatable bonds is 7. The molecule has 0 saturated heterocycles. The van der Waals surface area contributed by atoms with Gasteiger partial charge in [-0.1, -0.05) is 6.08 Å². The van der Waals surface area contributed by atoms with E-state index in [9.17, 15) is 9.90 Å². The average Bonchev–Trinajstić information content (AvgIpc) is 2.24. The molecule has 0 aromatic carbocycles. The normalized spacial score (nSPS) is 12.9. The lowest BCUT2D eigenvalue weighted by molar-refractivity contribution is -0.922. The molecule has 0 atom stereocenters. The SMILES string of the molecule is CC[N+](CC)(CC)CCC=C(C)C(=O)[O-]. The van der Waals surface area contributed by atoms with E-state index in [4.69, 9.17) is 0 Å². The smallest absolute Gasteiger partial charge is 0.0821 e. The quantitative estimate of drug-likeness (QED) is 0.466. The molecule has 88 valence electrons. The van der Waals surface area contributed by atoms with Crippen LogP contribution in [0.1, 0.15) is 34.1 Å². The molecule has 3 heteroatoms. The second-order valence-electron chi connectivity index (χ2n) is 3.98. The monoisotopic (exact) mass is 213 g/mol. The largest absolute Gasteiger partial charge is 0.545 e. The molecule has 0 aromatic heterocycles. The third kappa shape index (κ3) is 4.47. The van der Waals surface area contributed by atoms with Crippen molar-refractivity contribution < 1.29 is 14.4 Å². The summed E-state index contributed by atoms with van der Waals surface area (Å²) < 4.78 is 1.05. The van der Waals surface area contributed by atoms with Crippen LogP contribution in [-0.2, 0) is 4.79 Å². The Morgan fingerprint density at radius 3 is 2.00 bits per heavy atom. The maximum Gasteiger partial charge on any atom is 0.0821 e. The standard InChI is InChI=1S/C12H23NO2/c1-5-13(6-2,7-3)10-8-9-11(4)12(14)15/h9H,5-8,10H2,1-4H3. The zero-order valence-electron chi connectivity index (χ0n) is 10.4. The summed E-state index contributed by atoms with van der Waals surface area (Å²) in [6, 6.07) is 0. The maximum atomic E-state index is 10.5. The molecule has 3 nitrogen and oxygen atoms in total. The van der Waals surface area contributed by atoms with Gasteiger partial charge in [0.15, 0.2) is 0 Å². The molecule has 0 spiro atoms. The third-order valence-electron chi connectivity index (χ3n) is 3.39. The molecule has 0 aliphatic heterocycles. The summed E-state index contributed by atoms with van der Waals surface area (Å²) in [6.45, 7) is 12.5. The minimum atomic E-state index is -1.06. The Kier molecular flexibility index (Phi) is 6.25. The first-order chi connectivity index (χ1) is 7.01. The molecule has 0 radical (unpaired) electrons. The number of carbonyl (C=O) groups is 1. The van der Waals surface area contributed by atoms with Gasteiger partial charge in [0.1, 0.15) is 0 Å². The lowest BCUT2D eigenvalue weighted by Gasteiger charge is -2.35. The molecular weight excluding hydrogens is 190 g/mol. The van der Waals surface area contributed by atoms with E-state index in [1.165, 1.54) is 0 Å². The molecule has 0 aliphatic carbocycles. The second-order valence-corrected chi connectivity index (χ2v) is 3.98. The van der Waals surface area contributed by atoms with Crippen molar-refractivity contribution in [3.63, 3.8) is 0 Å². The molecule has 0 rings (SSSR count). The van der Waals surface area contributed by atoms with E-state index < -0.39 is 5.97 Å². The van der Waals surface area contributed by atoms with E-state index in [1.807, 2.05) is 0 Å². The van der Waals surface area contributed by atoms with Crippen LogP contribution in [0, 0.1) is 0 Å². The van der Waals surface area contributed by atoms with Crippen LogP contribution in [0.5, 0.6) is 0 Å². The van der Waals surface area contributed by atoms with Crippen LogP contribution in [-0.4, -0.2) is 36.6 Å². The first kappa shape index (κ1) is 14.2. The van der Waals surface area contributed by atoms with E-state index in [1.54, 1.807) is 13.0 Å². The Labute approximate surface area is 93.0 Å². The molecule has 0 fully saturated rings. The Balaban J connectivity index is 4.23. The summed E-state index contributed by atoms with van der Waals surface area (Å²) in [5.41, 5.74) is 0.344. The Bertz CT molecular complexity index is 222. The van der Waals surface area contributed by atoms with Crippen molar-refractivity contribution in [3.8, 4) is 0 Å². The molecule has 0 amide bonds. The van der Waals surface area contributed by atoms with Gasteiger partial charge in [-0.3, -0.25) is 0 Å². The second kappa shape index (κ2) is 6.62. The van der Waals surface area contributed by atoms with E-state index in [0.717, 1.165) is 37.1 Å². The van der Waals surface area contributed by atoms with E-state index in [2.05, 4.69) is 20.8 Å². The minimum absolute atomic E-state index is 0.344. The first-order valence-corrected chi connectivity index (χ1v) is 5.74. The molecule has 0 aliphatic rings. The lowest BCUT2D eigenvalue weighted by Crippen LogP contribution is -2.48. The molecule has 0 saturated carbocycles. The number of aliphatic carboxylic acids is 1. The fraction of sp³-hybridized carbons (Fsp3) is 0.750. The third-order valence-corrected chi connectivity index (χ3v) is 3.39. The van der Waals surface area contributed by atoms with Gasteiger partial charge in [0, 0.05) is 6.42 Å². The van der Waals surface area contributed by atoms with Gasteiger partial charge in [-0.05, 0) is 33.3 Å². The lowest BCUT2D eigenvalue weighted by atomic mass is 10.2. The van der Waals surface area contributed by atoms with Gasteiger partial charge in [-0.15, -0.1) is 0 Å². The van der Waals surface area contributed by atoms with Crippen molar-refractivity contribution in [1.29, 1.82) is 0 Å². The van der Waals surface area contributed by atoms with Crippen LogP contribution in [0.2, 0.25) is 0 Å². The number of carboxylic acids is 1. The predicted octanol–water partition coefficient (Wildman–Crippen LogP) is 0.949. The minimum Gasteiger partial charge on any atom is -0.545 e. The summed E-state index contributed by atoms with van der Waals surface area (Å²) in [5, 5.41) is 10.5. The Morgan fingerprint density at radius 2 is 1.67 bits per heavy atom. The average molecular weight is 213 g/mol. The topological polar surface area (TPSA) is 40.1 Å². The van der Waals surface area contributed by atoms with Gasteiger partial charge in [0.25, 0.3) is 0 Å². The highest BCUT2D eigenvalue weighted by molar-refractivity contribution is 5.83. The van der Waals surface area contributed by atoms with E-state index >= 15 is 0 Å². The molecule has 0 N–H and O–H groups in total. The number of nitrogens with zero attached hydrogens (tertiary/aromatic N) is 1. The van der Waals surface area contributed by atoms with Gasteiger partial charge in [-0.25, -0.2) is 0 Å². The van der Waals surface area contributed by atoms with Gasteiger partial charge >= 0.3 is 0 Å². The highest BCUT2D eigenvalue weighted by atomic mass is 16.4. The zero-order valence-corrected chi connectivity index (χ0v) is 10.4. The van der Waals surface area contributed by atoms with E-state index in [-0.39, 0.29) is 0 Å². The summed E-state index contributed by atoms with van der Waals surface area (Å²) in [4.78, 5) is 10.5. The van der Waals surface area contributed by atoms with Crippen molar-refractivity contribution in [2.45, 2.75) is 34.1 Å². The summed E-state index contributed by atoms with van der Waals surface area (Å²) in [6.07, 6.45) is 2.58. The zero-order chi connectivity index (χ0) is 11.9. The molecule has 0 bridgehead atoms. The maximum absolute atomic E-state index is 10.5. The highest BCUT2D eigenvalue weighted by Gasteiger charge is 2.18. The van der Waals surface area contributed by atoms with Gasteiger partial charge < -0.3 is 14.4 Å². The van der Waals surface area contributed by atoms with Crippen LogP contribution in [0.25, 0.3) is 0 Å². The molecule has 15 heavy (non-hydrogen) atoms. The molecule has 0 heterocycles. The van der Waals surface area contributed by atoms with Crippen molar-refractivity contribution >= 4 is 5.97 Å². The molecule has 0 aromatic rings. The van der Waals surface area contributed by atoms with Gasteiger partial charge in [0.05, 0.1) is 32.1 Å². The fourth-order valence-electron chi connectivity index (χ4n) is 1.78. The van der Waals surface area contributed by atoms with E-state index in [0.29, 0.717) is 5.57 Å². The van der Waals surface area contributed by atoms with Crippen LogP contribution < -0.4 is 5.11 Å². The number of hydrogen-bond acceptors (Lipinski definition) is 2. The molecule has 0 unspecified atom stereocenters. The predicted molar refractivity (Wildman–Crippen MR) is 60.1 cm³/mol. The Morgan fingerprint density at radius 1 is 1.20 bits per heavy atom. The molecular formula is C12H23NO2. The summed E-state index contributed by atoms with van der Waals surface area (Å²) in [5.74, 6) is -1.06. The summed E-state index contributed by atoms with van der Waals surface area (Å²) in [7, 11) is 0. The summed E-state index contributed by atoms with van der Waals surface area (Å²) >= 11 is 0. The van der Waals surface area contributed by atoms with Gasteiger partial charge in [-0.2, -0.15) is 0 Å². The highest BCUT2D eigenvalue weighted by Crippen LogP contribution is 2.08. The number of hydrogen-bond donors (Lipinski definition) is 0. The van der Waals surface area contributed by atoms with Crippen LogP contribution in [0.3, 0.4) is 0 Å². The van der Waals surface area contributed by atoms with Gasteiger partial charge in [0.2, 0.25) is 0 Å². The number of quaternary nitrogens is 1. The van der Waals surface area contributed by atoms with Crippen molar-refractivity contribution in [2.24, 2.45) is 0 Å². The van der Waals surface area contributed by atoms with Crippen LogP contribution in [0.4, 0.5) is 0 Å². The number of carboxylic acid groups (broad SMARTS) is 1. The fourth-order valence-corrected chi connectivity index (χ4v) is 1.78. The first-order valence-electron chi connectivity index (χ1n) is 5.74. The van der Waals surface area contributed by atoms with Crippen LogP contribution in [0.15, 0.2) is 11.6 Å². The van der Waals surface area contributed by atoms with Crippen molar-refractivity contribution in [3.05, 3.63) is 11.6 Å². The Hall–Kier alpha value is -0.830. The number of carbonyl (C=O) groups excluding carboxylic acids is 1. The van der Waals surface area contributed by atoms with Crippen molar-refractivity contribution in [2.75, 3.05) is 26.2 Å².